The summed E-state index contributed by atoms with van der Waals surface area (Å²) in [6.07, 6.45) is 0. The highest BCUT2D eigenvalue weighted by atomic mass is 32.2. The zero-order valence-corrected chi connectivity index (χ0v) is 17.1. The van der Waals surface area contributed by atoms with Gasteiger partial charge in [-0.05, 0) is 30.9 Å². The zero-order chi connectivity index (χ0) is 19.5. The van der Waals surface area contributed by atoms with Gasteiger partial charge in [-0.25, -0.2) is 4.98 Å². The third kappa shape index (κ3) is 3.90. The number of aryl methyl sites for hydroxylation is 1. The van der Waals surface area contributed by atoms with Crippen LogP contribution in [-0.4, -0.2) is 26.8 Å². The lowest BCUT2D eigenvalue weighted by Gasteiger charge is -2.10. The molecule has 0 saturated heterocycles. The van der Waals surface area contributed by atoms with Gasteiger partial charge in [-0.15, -0.1) is 10.2 Å². The first-order valence-electron chi connectivity index (χ1n) is 8.88. The van der Waals surface area contributed by atoms with E-state index in [1.54, 1.807) is 11.8 Å². The number of amides is 1. The molecule has 1 N–H and O–H groups in total. The molecule has 1 amide bonds. The Hall–Kier alpha value is -2.77. The molecule has 0 atom stereocenters. The number of hydrogen-bond donors (Lipinski definition) is 1. The summed E-state index contributed by atoms with van der Waals surface area (Å²) in [5.74, 6) is 0.703. The lowest BCUT2D eigenvalue weighted by atomic mass is 10.0. The van der Waals surface area contributed by atoms with E-state index in [9.17, 15) is 4.79 Å². The highest BCUT2D eigenvalue weighted by Crippen LogP contribution is 2.28. The molecule has 0 aliphatic carbocycles. The lowest BCUT2D eigenvalue weighted by Crippen LogP contribution is -2.13. The molecular formula is C21H18N4OS2. The standard InChI is InChI=1S/C21H18N4OS2/c1-3-27-21-25-24-20(28-21)23-19(26)16-12-18(14-8-6-7-13(2)11-14)22-17-10-5-4-9-15(16)17/h4-12H,3H2,1-2H3,(H,23,24,26). The number of aromatic nitrogens is 3. The van der Waals surface area contributed by atoms with Crippen LogP contribution in [0, 0.1) is 6.92 Å². The van der Waals surface area contributed by atoms with Crippen molar-refractivity contribution < 1.29 is 4.79 Å². The number of nitrogens with one attached hydrogen (secondary N) is 1. The van der Waals surface area contributed by atoms with E-state index in [0.29, 0.717) is 10.7 Å². The summed E-state index contributed by atoms with van der Waals surface area (Å²) in [5.41, 5.74) is 4.26. The lowest BCUT2D eigenvalue weighted by molar-refractivity contribution is 0.102. The van der Waals surface area contributed by atoms with Crippen LogP contribution in [0.25, 0.3) is 22.2 Å². The number of fused-ring (bicyclic) bond motifs is 1. The third-order valence-corrected chi connectivity index (χ3v) is 6.02. The number of rotatable bonds is 5. The van der Waals surface area contributed by atoms with Gasteiger partial charge in [0, 0.05) is 10.9 Å². The minimum atomic E-state index is -0.211. The average molecular weight is 407 g/mol. The van der Waals surface area contributed by atoms with Gasteiger partial charge in [0.1, 0.15) is 0 Å². The maximum atomic E-state index is 13.0. The first kappa shape index (κ1) is 18.6. The van der Waals surface area contributed by atoms with Crippen LogP contribution in [0.15, 0.2) is 58.9 Å². The fraction of sp³-hybridized carbons (Fsp3) is 0.143. The van der Waals surface area contributed by atoms with Crippen molar-refractivity contribution in [2.24, 2.45) is 0 Å². The second kappa shape index (κ2) is 8.08. The molecule has 5 nitrogen and oxygen atoms in total. The van der Waals surface area contributed by atoms with E-state index < -0.39 is 0 Å². The molecule has 4 rings (SSSR count). The second-order valence-electron chi connectivity index (χ2n) is 6.20. The fourth-order valence-corrected chi connectivity index (χ4v) is 4.57. The van der Waals surface area contributed by atoms with Gasteiger partial charge < -0.3 is 0 Å². The minimum absolute atomic E-state index is 0.211. The van der Waals surface area contributed by atoms with Gasteiger partial charge in [0.15, 0.2) is 4.34 Å². The molecule has 0 spiro atoms. The Morgan fingerprint density at radius 3 is 2.79 bits per heavy atom. The van der Waals surface area contributed by atoms with Gasteiger partial charge in [-0.2, -0.15) is 0 Å². The van der Waals surface area contributed by atoms with Crippen molar-refractivity contribution in [2.45, 2.75) is 18.2 Å². The Labute approximate surface area is 171 Å². The molecular weight excluding hydrogens is 388 g/mol. The van der Waals surface area contributed by atoms with E-state index in [0.717, 1.165) is 37.8 Å². The van der Waals surface area contributed by atoms with Gasteiger partial charge in [-0.3, -0.25) is 10.1 Å². The summed E-state index contributed by atoms with van der Waals surface area (Å²) < 4.78 is 0.845. The van der Waals surface area contributed by atoms with Crippen molar-refractivity contribution in [1.29, 1.82) is 0 Å². The maximum Gasteiger partial charge on any atom is 0.258 e. The summed E-state index contributed by atoms with van der Waals surface area (Å²) in [6, 6.07) is 17.6. The molecule has 0 aliphatic rings. The van der Waals surface area contributed by atoms with Crippen LogP contribution >= 0.6 is 23.1 Å². The number of para-hydroxylation sites is 1. The number of carbonyl (C=O) groups excluding carboxylic acids is 1. The minimum Gasteiger partial charge on any atom is -0.296 e. The van der Waals surface area contributed by atoms with Crippen LogP contribution in [0.4, 0.5) is 5.13 Å². The molecule has 0 unspecified atom stereocenters. The summed E-state index contributed by atoms with van der Waals surface area (Å²) in [4.78, 5) is 17.8. The van der Waals surface area contributed by atoms with Crippen LogP contribution in [0.3, 0.4) is 0 Å². The second-order valence-corrected chi connectivity index (χ2v) is 8.69. The largest absolute Gasteiger partial charge is 0.296 e. The SMILES string of the molecule is CCSc1nnc(NC(=O)c2cc(-c3cccc(C)c3)nc3ccccc23)s1. The van der Waals surface area contributed by atoms with Gasteiger partial charge in [-0.1, -0.05) is 72.0 Å². The van der Waals surface area contributed by atoms with E-state index in [1.807, 2.05) is 55.5 Å². The van der Waals surface area contributed by atoms with E-state index in [4.69, 9.17) is 4.98 Å². The third-order valence-electron chi connectivity index (χ3n) is 4.17. The van der Waals surface area contributed by atoms with Crippen molar-refractivity contribution in [3.63, 3.8) is 0 Å². The molecule has 0 radical (unpaired) electrons. The normalized spacial score (nSPS) is 10.9. The summed E-state index contributed by atoms with van der Waals surface area (Å²) in [7, 11) is 0. The van der Waals surface area contributed by atoms with E-state index >= 15 is 0 Å². The van der Waals surface area contributed by atoms with Gasteiger partial charge in [0.05, 0.1) is 16.8 Å². The van der Waals surface area contributed by atoms with Gasteiger partial charge >= 0.3 is 0 Å². The van der Waals surface area contributed by atoms with Crippen LogP contribution in [-0.2, 0) is 0 Å². The number of carbonyl (C=O) groups is 1. The molecule has 0 saturated carbocycles. The van der Waals surface area contributed by atoms with E-state index in [2.05, 4.69) is 28.5 Å². The first-order chi connectivity index (χ1) is 13.6. The number of anilines is 1. The Morgan fingerprint density at radius 1 is 1.11 bits per heavy atom. The number of nitrogens with zero attached hydrogens (tertiary/aromatic N) is 3. The van der Waals surface area contributed by atoms with Crippen molar-refractivity contribution in [3.05, 3.63) is 65.7 Å². The number of thioether (sulfide) groups is 1. The van der Waals surface area contributed by atoms with Gasteiger partial charge in [0.2, 0.25) is 5.13 Å². The molecule has 7 heteroatoms. The van der Waals surface area contributed by atoms with Crippen molar-refractivity contribution in [3.8, 4) is 11.3 Å². The first-order valence-corrected chi connectivity index (χ1v) is 10.7. The Kier molecular flexibility index (Phi) is 5.36. The topological polar surface area (TPSA) is 67.8 Å². The quantitative estimate of drug-likeness (QED) is 0.354. The predicted molar refractivity (Wildman–Crippen MR) is 116 cm³/mol. The number of pyridine rings is 1. The summed E-state index contributed by atoms with van der Waals surface area (Å²) in [6.45, 7) is 4.10. The van der Waals surface area contributed by atoms with Crippen LogP contribution in [0.5, 0.6) is 0 Å². The fourth-order valence-electron chi connectivity index (χ4n) is 2.92. The molecule has 28 heavy (non-hydrogen) atoms. The molecule has 2 aromatic heterocycles. The van der Waals surface area contributed by atoms with E-state index in [1.165, 1.54) is 11.3 Å². The number of hydrogen-bond acceptors (Lipinski definition) is 6. The van der Waals surface area contributed by atoms with Crippen molar-refractivity contribution in [2.75, 3.05) is 11.1 Å². The van der Waals surface area contributed by atoms with Crippen LogP contribution < -0.4 is 5.32 Å². The molecule has 2 aromatic carbocycles. The average Bonchev–Trinajstić information content (AvgIpc) is 3.14. The van der Waals surface area contributed by atoms with Crippen molar-refractivity contribution >= 4 is 45.0 Å². The molecule has 4 aromatic rings. The summed E-state index contributed by atoms with van der Waals surface area (Å²) >= 11 is 2.99. The monoisotopic (exact) mass is 406 g/mol. The highest BCUT2D eigenvalue weighted by molar-refractivity contribution is 8.01. The number of benzene rings is 2. The van der Waals surface area contributed by atoms with E-state index in [-0.39, 0.29) is 5.91 Å². The highest BCUT2D eigenvalue weighted by Gasteiger charge is 2.16. The van der Waals surface area contributed by atoms with Gasteiger partial charge in [0.25, 0.3) is 5.91 Å². The molecule has 2 heterocycles. The van der Waals surface area contributed by atoms with Crippen molar-refractivity contribution in [1.82, 2.24) is 15.2 Å². The van der Waals surface area contributed by atoms with Crippen LogP contribution in [0.2, 0.25) is 0 Å². The smallest absolute Gasteiger partial charge is 0.258 e. The Bertz CT molecular complexity index is 1160. The summed E-state index contributed by atoms with van der Waals surface area (Å²) in [5, 5.41) is 12.4. The molecule has 140 valence electrons. The maximum absolute atomic E-state index is 13.0. The zero-order valence-electron chi connectivity index (χ0n) is 15.5. The Morgan fingerprint density at radius 2 is 1.96 bits per heavy atom. The molecule has 0 bridgehead atoms. The molecule has 0 fully saturated rings. The molecule has 0 aliphatic heterocycles. The predicted octanol–water partition coefficient (Wildman–Crippen LogP) is 5.43. The Balaban J connectivity index is 1.75. The van der Waals surface area contributed by atoms with Crippen LogP contribution in [0.1, 0.15) is 22.8 Å².